The Labute approximate surface area is 151 Å². The quantitative estimate of drug-likeness (QED) is 0.631. The smallest absolute Gasteiger partial charge is 0.311 e. The summed E-state index contributed by atoms with van der Waals surface area (Å²) >= 11 is 6.02. The molecule has 1 N–H and O–H groups in total. The fraction of sp³-hybridized carbons (Fsp3) is 0.722. The van der Waals surface area contributed by atoms with Gasteiger partial charge in [0.05, 0.1) is 18.2 Å². The third-order valence-electron chi connectivity index (χ3n) is 5.89. The van der Waals surface area contributed by atoms with E-state index in [0.717, 1.165) is 38.5 Å². The predicted octanol–water partition coefficient (Wildman–Crippen LogP) is 3.93. The molecule has 0 aromatic carbocycles. The lowest BCUT2D eigenvalue weighted by Crippen LogP contribution is -2.52. The van der Waals surface area contributed by atoms with E-state index in [2.05, 4.69) is 15.3 Å². The van der Waals surface area contributed by atoms with Crippen LogP contribution in [-0.2, 0) is 9.53 Å². The number of carbonyl (C=O) groups excluding carboxylic acids is 1. The van der Waals surface area contributed by atoms with Gasteiger partial charge in [0, 0.05) is 12.0 Å². The van der Waals surface area contributed by atoms with Crippen LogP contribution in [-0.4, -0.2) is 28.6 Å². The molecule has 0 spiro atoms. The molecule has 1 heterocycles. The first-order valence-electron chi connectivity index (χ1n) is 9.24. The van der Waals surface area contributed by atoms with Crippen molar-refractivity contribution < 1.29 is 13.9 Å². The molecule has 0 saturated heterocycles. The molecule has 136 valence electrons. The lowest BCUT2D eigenvalue weighted by Gasteiger charge is -2.47. The fourth-order valence-electron chi connectivity index (χ4n) is 4.55. The molecule has 2 atom stereocenters. The number of nitrogens with one attached hydrogen (secondary N) is 1. The molecule has 4 aliphatic carbocycles. The Morgan fingerprint density at radius 2 is 1.88 bits per heavy atom. The van der Waals surface area contributed by atoms with E-state index in [1.54, 1.807) is 0 Å². The number of aromatic nitrogens is 2. The molecule has 4 aliphatic rings. The molecular weight excluding hydrogens is 345 g/mol. The minimum atomic E-state index is -0.420. The SMILES string of the molecule is CCOC(=O)[C@H]1C2CCC(CC2)[C@@H]1Nc1nc(Cl)nc(C2CC2)c1F. The first-order valence-corrected chi connectivity index (χ1v) is 9.62. The Morgan fingerprint density at radius 1 is 1.20 bits per heavy atom. The largest absolute Gasteiger partial charge is 0.466 e. The van der Waals surface area contributed by atoms with Gasteiger partial charge in [-0.2, -0.15) is 4.98 Å². The Hall–Kier alpha value is -1.43. The van der Waals surface area contributed by atoms with E-state index >= 15 is 0 Å². The van der Waals surface area contributed by atoms with Gasteiger partial charge in [0.1, 0.15) is 0 Å². The second-order valence-electron chi connectivity index (χ2n) is 7.44. The van der Waals surface area contributed by atoms with E-state index in [4.69, 9.17) is 16.3 Å². The van der Waals surface area contributed by atoms with Crippen LogP contribution in [0.25, 0.3) is 0 Å². The van der Waals surface area contributed by atoms with Gasteiger partial charge in [-0.25, -0.2) is 9.37 Å². The highest BCUT2D eigenvalue weighted by Crippen LogP contribution is 2.47. The molecular formula is C18H23ClFN3O2. The monoisotopic (exact) mass is 367 g/mol. The van der Waals surface area contributed by atoms with Crippen LogP contribution in [0, 0.1) is 23.6 Å². The molecule has 0 aliphatic heterocycles. The molecule has 4 saturated carbocycles. The predicted molar refractivity (Wildman–Crippen MR) is 92.0 cm³/mol. The summed E-state index contributed by atoms with van der Waals surface area (Å²) in [7, 11) is 0. The standard InChI is InChI=1S/C18H23ClFN3O2/c1-2-25-17(24)12-9-3-5-10(6-4-9)14(12)21-16-13(20)15(11-7-8-11)22-18(19)23-16/h9-12,14H,2-8H2,1H3,(H,21,22,23)/t9?,10?,12-,14-/m0/s1. The molecule has 5 nitrogen and oxygen atoms in total. The van der Waals surface area contributed by atoms with E-state index < -0.39 is 5.82 Å². The zero-order chi connectivity index (χ0) is 17.6. The van der Waals surface area contributed by atoms with E-state index in [9.17, 15) is 9.18 Å². The normalized spacial score (nSPS) is 31.0. The summed E-state index contributed by atoms with van der Waals surface area (Å²) in [6, 6.07) is -0.154. The zero-order valence-electron chi connectivity index (χ0n) is 14.3. The van der Waals surface area contributed by atoms with Gasteiger partial charge in [-0.15, -0.1) is 0 Å². The summed E-state index contributed by atoms with van der Waals surface area (Å²) in [5.74, 6) is 0.0542. The molecule has 0 radical (unpaired) electrons. The zero-order valence-corrected chi connectivity index (χ0v) is 15.1. The van der Waals surface area contributed by atoms with Crippen molar-refractivity contribution in [1.82, 2.24) is 9.97 Å². The highest BCUT2D eigenvalue weighted by molar-refractivity contribution is 6.28. The van der Waals surface area contributed by atoms with Crippen molar-refractivity contribution >= 4 is 23.4 Å². The summed E-state index contributed by atoms with van der Waals surface area (Å²) in [5.41, 5.74) is 0.399. The average Bonchev–Trinajstić information content (AvgIpc) is 3.44. The second-order valence-corrected chi connectivity index (χ2v) is 7.78. The van der Waals surface area contributed by atoms with Crippen molar-refractivity contribution in [2.75, 3.05) is 11.9 Å². The first-order chi connectivity index (χ1) is 12.1. The minimum Gasteiger partial charge on any atom is -0.466 e. The number of halogens is 2. The first kappa shape index (κ1) is 17.0. The number of ether oxygens (including phenoxy) is 1. The number of hydrogen-bond acceptors (Lipinski definition) is 5. The molecule has 1 aromatic rings. The number of esters is 1. The molecule has 7 heteroatoms. The van der Waals surface area contributed by atoms with Crippen LogP contribution in [0.4, 0.5) is 10.2 Å². The Morgan fingerprint density at radius 3 is 2.52 bits per heavy atom. The van der Waals surface area contributed by atoms with Crippen LogP contribution >= 0.6 is 11.6 Å². The summed E-state index contributed by atoms with van der Waals surface area (Å²) in [6.07, 6.45) is 6.04. The third kappa shape index (κ3) is 3.21. The Bertz CT molecular complexity index is 675. The number of anilines is 1. The Balaban J connectivity index is 1.63. The topological polar surface area (TPSA) is 64.1 Å². The maximum absolute atomic E-state index is 14.9. The number of rotatable bonds is 5. The van der Waals surface area contributed by atoms with Gasteiger partial charge in [0.25, 0.3) is 0 Å². The minimum absolute atomic E-state index is 0.0550. The van der Waals surface area contributed by atoms with E-state index in [1.165, 1.54) is 0 Å². The van der Waals surface area contributed by atoms with Crippen LogP contribution in [0.3, 0.4) is 0 Å². The van der Waals surface area contributed by atoms with Crippen molar-refractivity contribution in [3.63, 3.8) is 0 Å². The van der Waals surface area contributed by atoms with Gasteiger partial charge in [-0.1, -0.05) is 0 Å². The molecule has 2 bridgehead atoms. The molecule has 0 unspecified atom stereocenters. The van der Waals surface area contributed by atoms with Crippen molar-refractivity contribution in [2.45, 2.75) is 57.4 Å². The molecule has 0 amide bonds. The highest BCUT2D eigenvalue weighted by Gasteiger charge is 2.48. The number of nitrogens with zero attached hydrogens (tertiary/aromatic N) is 2. The highest BCUT2D eigenvalue weighted by atomic mass is 35.5. The number of hydrogen-bond donors (Lipinski definition) is 1. The van der Waals surface area contributed by atoms with Gasteiger partial charge in [0.15, 0.2) is 11.6 Å². The maximum atomic E-state index is 14.9. The van der Waals surface area contributed by atoms with Crippen LogP contribution < -0.4 is 5.32 Å². The van der Waals surface area contributed by atoms with Crippen LogP contribution in [0.5, 0.6) is 0 Å². The summed E-state index contributed by atoms with van der Waals surface area (Å²) in [6.45, 7) is 2.17. The molecule has 5 rings (SSSR count). The van der Waals surface area contributed by atoms with E-state index in [1.807, 2.05) is 6.92 Å². The molecule has 1 aromatic heterocycles. The van der Waals surface area contributed by atoms with Gasteiger partial charge in [-0.3, -0.25) is 4.79 Å². The second kappa shape index (κ2) is 6.71. The average molecular weight is 368 g/mol. The summed E-state index contributed by atoms with van der Waals surface area (Å²) in [4.78, 5) is 20.7. The van der Waals surface area contributed by atoms with Crippen molar-refractivity contribution in [1.29, 1.82) is 0 Å². The van der Waals surface area contributed by atoms with Crippen LogP contribution in [0.15, 0.2) is 0 Å². The molecule has 25 heavy (non-hydrogen) atoms. The van der Waals surface area contributed by atoms with Gasteiger partial charge < -0.3 is 10.1 Å². The van der Waals surface area contributed by atoms with Gasteiger partial charge in [0.2, 0.25) is 5.28 Å². The summed E-state index contributed by atoms with van der Waals surface area (Å²) in [5, 5.41) is 3.28. The number of fused-ring (bicyclic) bond motifs is 3. The fourth-order valence-corrected chi connectivity index (χ4v) is 4.73. The van der Waals surface area contributed by atoms with E-state index in [0.29, 0.717) is 24.1 Å². The maximum Gasteiger partial charge on any atom is 0.311 e. The molecule has 4 fully saturated rings. The lowest BCUT2D eigenvalue weighted by atomic mass is 9.61. The van der Waals surface area contributed by atoms with Crippen molar-refractivity contribution in [3.8, 4) is 0 Å². The van der Waals surface area contributed by atoms with Gasteiger partial charge >= 0.3 is 5.97 Å². The van der Waals surface area contributed by atoms with E-state index in [-0.39, 0.29) is 34.9 Å². The third-order valence-corrected chi connectivity index (χ3v) is 6.06. The summed E-state index contributed by atoms with van der Waals surface area (Å²) < 4.78 is 20.2. The van der Waals surface area contributed by atoms with Crippen LogP contribution in [0.1, 0.15) is 57.1 Å². The van der Waals surface area contributed by atoms with Crippen molar-refractivity contribution in [2.24, 2.45) is 17.8 Å². The van der Waals surface area contributed by atoms with Crippen LogP contribution in [0.2, 0.25) is 5.28 Å². The number of carbonyl (C=O) groups is 1. The van der Waals surface area contributed by atoms with Gasteiger partial charge in [-0.05, 0) is 68.9 Å². The Kier molecular flexibility index (Phi) is 4.56. The van der Waals surface area contributed by atoms with Crippen molar-refractivity contribution in [3.05, 3.63) is 16.8 Å². The lowest BCUT2D eigenvalue weighted by molar-refractivity contribution is -0.154.